The van der Waals surface area contributed by atoms with Crippen molar-refractivity contribution in [3.8, 4) is 11.5 Å². The fourth-order valence-electron chi connectivity index (χ4n) is 3.59. The minimum Gasteiger partial charge on any atom is -0.504 e. The van der Waals surface area contributed by atoms with E-state index in [0.717, 1.165) is 11.1 Å². The lowest BCUT2D eigenvalue weighted by Crippen LogP contribution is -2.36. The minimum atomic E-state index is -0.589. The minimum absolute atomic E-state index is 0.0297. The van der Waals surface area contributed by atoms with Crippen LogP contribution in [-0.4, -0.2) is 37.2 Å². The van der Waals surface area contributed by atoms with Crippen molar-refractivity contribution in [3.63, 3.8) is 0 Å². The van der Waals surface area contributed by atoms with Crippen molar-refractivity contribution in [2.45, 2.75) is 66.2 Å². The van der Waals surface area contributed by atoms with Crippen molar-refractivity contribution in [2.75, 3.05) is 20.3 Å². The lowest BCUT2D eigenvalue weighted by Gasteiger charge is -2.23. The smallest absolute Gasteiger partial charge is 0.311 e. The Morgan fingerprint density at radius 2 is 1.63 bits per heavy atom. The zero-order chi connectivity index (χ0) is 26.4. The molecule has 0 unspecified atom stereocenters. The fraction of sp³-hybridized carbons (Fsp3) is 0.517. The molecule has 0 aliphatic rings. The van der Waals surface area contributed by atoms with Crippen LogP contribution in [0.3, 0.4) is 0 Å². The van der Waals surface area contributed by atoms with Gasteiger partial charge in [0.1, 0.15) is 0 Å². The van der Waals surface area contributed by atoms with Crippen LogP contribution in [0.25, 0.3) is 0 Å². The van der Waals surface area contributed by atoms with Crippen LogP contribution in [0.5, 0.6) is 11.5 Å². The van der Waals surface area contributed by atoms with E-state index in [-0.39, 0.29) is 35.6 Å². The Morgan fingerprint density at radius 3 is 2.17 bits per heavy atom. The Balaban J connectivity index is 2.10. The molecule has 0 radical (unpaired) electrons. The van der Waals surface area contributed by atoms with E-state index in [2.05, 4.69) is 50.4 Å². The standard InChI is InChI=1S/C29H41NO5/c1-19(22-11-14-24(31)25(16-22)34-8)26(32)30-17-21(18-35-27(33)29(5,6)7)15-20-9-12-23(13-10-20)28(2,3)4/h9-14,16,19,21,31H,15,17-18H2,1-8H3,(H,30,32)/t19-,21+/m0/s1. The number of carbonyl (C=O) groups is 2. The van der Waals surface area contributed by atoms with Gasteiger partial charge in [0.25, 0.3) is 0 Å². The van der Waals surface area contributed by atoms with Crippen LogP contribution >= 0.6 is 0 Å². The van der Waals surface area contributed by atoms with E-state index in [4.69, 9.17) is 9.47 Å². The van der Waals surface area contributed by atoms with Gasteiger partial charge in [0.2, 0.25) is 5.91 Å². The highest BCUT2D eigenvalue weighted by atomic mass is 16.5. The quantitative estimate of drug-likeness (QED) is 0.469. The third-order valence-corrected chi connectivity index (χ3v) is 6.07. The first-order valence-corrected chi connectivity index (χ1v) is 12.1. The maximum Gasteiger partial charge on any atom is 0.311 e. The molecule has 2 N–H and O–H groups in total. The summed E-state index contributed by atoms with van der Waals surface area (Å²) in [6.07, 6.45) is 0.670. The lowest BCUT2D eigenvalue weighted by molar-refractivity contribution is -0.154. The number of hydrogen-bond donors (Lipinski definition) is 2. The van der Waals surface area contributed by atoms with Crippen LogP contribution in [0.1, 0.15) is 71.1 Å². The van der Waals surface area contributed by atoms with Crippen molar-refractivity contribution in [1.82, 2.24) is 5.32 Å². The number of esters is 1. The van der Waals surface area contributed by atoms with E-state index < -0.39 is 11.3 Å². The molecule has 6 nitrogen and oxygen atoms in total. The Morgan fingerprint density at radius 1 is 1.00 bits per heavy atom. The maximum absolute atomic E-state index is 12.9. The molecule has 2 aromatic rings. The fourth-order valence-corrected chi connectivity index (χ4v) is 3.59. The van der Waals surface area contributed by atoms with Gasteiger partial charge < -0.3 is 19.9 Å². The SMILES string of the molecule is COc1cc([C@H](C)C(=O)NC[C@H](COC(=O)C(C)(C)C)Cc2ccc(C(C)(C)C)cc2)ccc1O. The molecule has 35 heavy (non-hydrogen) atoms. The molecule has 1 amide bonds. The largest absolute Gasteiger partial charge is 0.504 e. The number of phenolic OH excluding ortho intramolecular Hbond substituents is 1. The number of nitrogens with one attached hydrogen (secondary N) is 1. The van der Waals surface area contributed by atoms with Crippen LogP contribution in [0.4, 0.5) is 0 Å². The zero-order valence-electron chi connectivity index (χ0n) is 22.4. The number of benzene rings is 2. The molecule has 6 heteroatoms. The number of rotatable bonds is 9. The Labute approximate surface area is 210 Å². The van der Waals surface area contributed by atoms with Gasteiger partial charge >= 0.3 is 5.97 Å². The van der Waals surface area contributed by atoms with Gasteiger partial charge in [-0.05, 0) is 68.4 Å². The molecule has 0 fully saturated rings. The second kappa shape index (κ2) is 11.6. The number of carbonyl (C=O) groups excluding carboxylic acids is 2. The predicted octanol–water partition coefficient (Wildman–Crippen LogP) is 5.37. The van der Waals surface area contributed by atoms with Gasteiger partial charge in [-0.25, -0.2) is 0 Å². The summed E-state index contributed by atoms with van der Waals surface area (Å²) in [5.41, 5.74) is 2.60. The summed E-state index contributed by atoms with van der Waals surface area (Å²) in [5.74, 6) is -0.565. The molecule has 2 aromatic carbocycles. The molecule has 0 saturated heterocycles. The van der Waals surface area contributed by atoms with Crippen LogP contribution in [0.15, 0.2) is 42.5 Å². The van der Waals surface area contributed by atoms with E-state index in [1.807, 2.05) is 20.8 Å². The molecule has 0 aromatic heterocycles. The summed E-state index contributed by atoms with van der Waals surface area (Å²) >= 11 is 0. The number of methoxy groups -OCH3 is 1. The van der Waals surface area contributed by atoms with Gasteiger partial charge in [-0.1, -0.05) is 51.1 Å². The van der Waals surface area contributed by atoms with E-state index >= 15 is 0 Å². The number of aromatic hydroxyl groups is 1. The van der Waals surface area contributed by atoms with Crippen LogP contribution in [0.2, 0.25) is 0 Å². The van der Waals surface area contributed by atoms with E-state index in [9.17, 15) is 14.7 Å². The molecule has 0 saturated carbocycles. The monoisotopic (exact) mass is 483 g/mol. The topological polar surface area (TPSA) is 84.9 Å². The molecular formula is C29H41NO5. The first-order chi connectivity index (χ1) is 16.2. The normalized spacial score (nSPS) is 13.6. The maximum atomic E-state index is 12.9. The van der Waals surface area contributed by atoms with Gasteiger partial charge in [-0.15, -0.1) is 0 Å². The summed E-state index contributed by atoms with van der Waals surface area (Å²) in [4.78, 5) is 25.3. The lowest BCUT2D eigenvalue weighted by atomic mass is 9.86. The van der Waals surface area contributed by atoms with Gasteiger partial charge in [0, 0.05) is 12.5 Å². The second-order valence-electron chi connectivity index (χ2n) is 11.3. The molecule has 0 aliphatic carbocycles. The summed E-state index contributed by atoms with van der Waals surface area (Å²) in [6, 6.07) is 13.4. The predicted molar refractivity (Wildman–Crippen MR) is 139 cm³/mol. The number of ether oxygens (including phenoxy) is 2. The third kappa shape index (κ3) is 8.30. The van der Waals surface area contributed by atoms with Crippen molar-refractivity contribution in [2.24, 2.45) is 11.3 Å². The summed E-state index contributed by atoms with van der Waals surface area (Å²) in [6.45, 7) is 14.4. The average molecular weight is 484 g/mol. The molecule has 0 bridgehead atoms. The second-order valence-corrected chi connectivity index (χ2v) is 11.3. The molecule has 0 spiro atoms. The molecule has 0 aliphatic heterocycles. The zero-order valence-corrected chi connectivity index (χ0v) is 22.4. The Bertz CT molecular complexity index is 999. The van der Waals surface area contributed by atoms with Crippen molar-refractivity contribution in [1.29, 1.82) is 0 Å². The van der Waals surface area contributed by atoms with Crippen molar-refractivity contribution >= 4 is 11.9 Å². The van der Waals surface area contributed by atoms with Crippen LogP contribution in [0, 0.1) is 11.3 Å². The van der Waals surface area contributed by atoms with E-state index in [1.54, 1.807) is 19.1 Å². The number of phenols is 1. The summed E-state index contributed by atoms with van der Waals surface area (Å²) in [7, 11) is 1.47. The molecule has 192 valence electrons. The van der Waals surface area contributed by atoms with Crippen molar-refractivity contribution in [3.05, 3.63) is 59.2 Å². The first-order valence-electron chi connectivity index (χ1n) is 12.1. The Hall–Kier alpha value is -3.02. The van der Waals surface area contributed by atoms with E-state index in [1.165, 1.54) is 18.7 Å². The van der Waals surface area contributed by atoms with Gasteiger partial charge in [0.05, 0.1) is 25.0 Å². The molecule has 2 atom stereocenters. The molecule has 0 heterocycles. The van der Waals surface area contributed by atoms with Crippen LogP contribution in [-0.2, 0) is 26.2 Å². The molecule has 2 rings (SSSR count). The number of hydrogen-bond acceptors (Lipinski definition) is 5. The first kappa shape index (κ1) is 28.2. The summed E-state index contributed by atoms with van der Waals surface area (Å²) < 4.78 is 10.8. The highest BCUT2D eigenvalue weighted by Gasteiger charge is 2.25. The van der Waals surface area contributed by atoms with E-state index in [0.29, 0.717) is 18.7 Å². The van der Waals surface area contributed by atoms with Gasteiger partial charge in [-0.2, -0.15) is 0 Å². The highest BCUT2D eigenvalue weighted by molar-refractivity contribution is 5.83. The van der Waals surface area contributed by atoms with Gasteiger partial charge in [0.15, 0.2) is 11.5 Å². The van der Waals surface area contributed by atoms with Crippen molar-refractivity contribution < 1.29 is 24.2 Å². The molecular weight excluding hydrogens is 442 g/mol. The van der Waals surface area contributed by atoms with Gasteiger partial charge in [-0.3, -0.25) is 9.59 Å². The highest BCUT2D eigenvalue weighted by Crippen LogP contribution is 2.30. The third-order valence-electron chi connectivity index (χ3n) is 6.07. The number of amides is 1. The average Bonchev–Trinajstić information content (AvgIpc) is 2.79. The van der Waals surface area contributed by atoms with Crippen LogP contribution < -0.4 is 10.1 Å². The Kier molecular flexibility index (Phi) is 9.36. The summed E-state index contributed by atoms with van der Waals surface area (Å²) in [5, 5.41) is 12.8.